The van der Waals surface area contributed by atoms with Gasteiger partial charge in [0.15, 0.2) is 0 Å². The Morgan fingerprint density at radius 2 is 0.889 bits per heavy atom. The van der Waals surface area contributed by atoms with Crippen LogP contribution in [0.3, 0.4) is 0 Å². The maximum absolute atomic E-state index is 5.44. The second-order valence-corrected chi connectivity index (χ2v) is 14.6. The van der Waals surface area contributed by atoms with Gasteiger partial charge in [0.1, 0.15) is 0 Å². The van der Waals surface area contributed by atoms with Crippen LogP contribution in [-0.2, 0) is 6.42 Å². The number of pyridine rings is 1. The average molecular weight is 686 g/mol. The van der Waals surface area contributed by atoms with Gasteiger partial charge in [0, 0.05) is 27.1 Å². The Bertz CT molecular complexity index is 3070. The van der Waals surface area contributed by atoms with Crippen LogP contribution in [0.1, 0.15) is 17.5 Å². The van der Waals surface area contributed by atoms with Crippen LogP contribution in [0.25, 0.3) is 105 Å². The van der Waals surface area contributed by atoms with Crippen LogP contribution in [0.4, 0.5) is 0 Å². The molecule has 1 aliphatic carbocycles. The summed E-state index contributed by atoms with van der Waals surface area (Å²) in [6.45, 7) is 0. The van der Waals surface area contributed by atoms with Crippen molar-refractivity contribution >= 4 is 60.2 Å². The van der Waals surface area contributed by atoms with Crippen molar-refractivity contribution in [2.24, 2.45) is 0 Å². The number of benzene rings is 9. The van der Waals surface area contributed by atoms with Crippen molar-refractivity contribution in [3.8, 4) is 44.5 Å². The Labute approximate surface area is 314 Å². The van der Waals surface area contributed by atoms with E-state index in [-0.39, 0.29) is 0 Å². The zero-order chi connectivity index (χ0) is 35.6. The zero-order valence-corrected chi connectivity index (χ0v) is 29.8. The second kappa shape index (κ2) is 12.4. The van der Waals surface area contributed by atoms with E-state index in [1.807, 2.05) is 0 Å². The van der Waals surface area contributed by atoms with E-state index in [1.165, 1.54) is 98.7 Å². The Morgan fingerprint density at radius 3 is 1.59 bits per heavy atom. The molecule has 9 aromatic carbocycles. The van der Waals surface area contributed by atoms with Gasteiger partial charge >= 0.3 is 0 Å². The summed E-state index contributed by atoms with van der Waals surface area (Å²) in [5, 5.41) is 9.60. The summed E-state index contributed by atoms with van der Waals surface area (Å²) in [7, 11) is 0. The average Bonchev–Trinajstić information content (AvgIpc) is 3.25. The lowest BCUT2D eigenvalue weighted by molar-refractivity contribution is 0.986. The maximum Gasteiger partial charge on any atom is 0.0794 e. The molecule has 1 aromatic heterocycles. The molecule has 0 N–H and O–H groups in total. The molecule has 1 heteroatoms. The fraction of sp³-hybridized carbons (Fsp3) is 0.0377. The van der Waals surface area contributed by atoms with Crippen molar-refractivity contribution in [1.29, 1.82) is 0 Å². The van der Waals surface area contributed by atoms with Gasteiger partial charge in [-0.05, 0) is 115 Å². The van der Waals surface area contributed by atoms with Gasteiger partial charge in [-0.2, -0.15) is 0 Å². The lowest BCUT2D eigenvalue weighted by Gasteiger charge is -2.17. The fourth-order valence-electron chi connectivity index (χ4n) is 8.69. The van der Waals surface area contributed by atoms with Crippen LogP contribution in [0.2, 0.25) is 0 Å². The second-order valence-electron chi connectivity index (χ2n) is 14.6. The first kappa shape index (κ1) is 30.8. The molecule has 1 heterocycles. The first-order valence-corrected chi connectivity index (χ1v) is 18.9. The highest BCUT2D eigenvalue weighted by atomic mass is 14.7. The molecule has 0 atom stereocenters. The van der Waals surface area contributed by atoms with Crippen molar-refractivity contribution in [2.45, 2.75) is 12.8 Å². The van der Waals surface area contributed by atoms with Crippen molar-refractivity contribution < 1.29 is 0 Å². The third-order valence-corrected chi connectivity index (χ3v) is 11.4. The normalized spacial score (nSPS) is 12.6. The molecule has 252 valence electrons. The minimum absolute atomic E-state index is 1.04. The number of hydrogen-bond acceptors (Lipinski definition) is 1. The lowest BCUT2D eigenvalue weighted by atomic mass is 9.88. The van der Waals surface area contributed by atoms with E-state index in [1.54, 1.807) is 0 Å². The summed E-state index contributed by atoms with van der Waals surface area (Å²) >= 11 is 0. The van der Waals surface area contributed by atoms with E-state index >= 15 is 0 Å². The predicted octanol–water partition coefficient (Wildman–Crippen LogP) is 14.5. The van der Waals surface area contributed by atoms with Crippen molar-refractivity contribution in [3.05, 3.63) is 193 Å². The third-order valence-electron chi connectivity index (χ3n) is 11.4. The Hall–Kier alpha value is -6.83. The molecular weight excluding hydrogens is 651 g/mol. The summed E-state index contributed by atoms with van der Waals surface area (Å²) in [4.78, 5) is 5.44. The number of rotatable bonds is 4. The van der Waals surface area contributed by atoms with Crippen LogP contribution in [0, 0.1) is 0 Å². The summed E-state index contributed by atoms with van der Waals surface area (Å²) in [6, 6.07) is 65.0. The Kier molecular flexibility index (Phi) is 7.06. The Balaban J connectivity index is 1.15. The van der Waals surface area contributed by atoms with Crippen molar-refractivity contribution in [1.82, 2.24) is 4.98 Å². The predicted molar refractivity (Wildman–Crippen MR) is 231 cm³/mol. The molecule has 0 amide bonds. The summed E-state index contributed by atoms with van der Waals surface area (Å²) in [5.41, 5.74) is 14.6. The summed E-state index contributed by atoms with van der Waals surface area (Å²) in [6.07, 6.45) is 6.73. The van der Waals surface area contributed by atoms with Gasteiger partial charge in [0.05, 0.1) is 11.0 Å². The van der Waals surface area contributed by atoms with Gasteiger partial charge in [-0.15, -0.1) is 0 Å². The minimum atomic E-state index is 1.04. The summed E-state index contributed by atoms with van der Waals surface area (Å²) < 4.78 is 0. The molecule has 0 saturated heterocycles. The van der Waals surface area contributed by atoms with E-state index in [9.17, 15) is 0 Å². The van der Waals surface area contributed by atoms with Gasteiger partial charge in [0.25, 0.3) is 0 Å². The smallest absolute Gasteiger partial charge is 0.0794 e. The molecular formula is C53H35N. The van der Waals surface area contributed by atoms with E-state index in [0.29, 0.717) is 0 Å². The van der Waals surface area contributed by atoms with Gasteiger partial charge in [-0.25, -0.2) is 4.98 Å². The van der Waals surface area contributed by atoms with Crippen LogP contribution in [0.5, 0.6) is 0 Å². The van der Waals surface area contributed by atoms with Gasteiger partial charge in [0.2, 0.25) is 0 Å². The summed E-state index contributed by atoms with van der Waals surface area (Å²) in [5.74, 6) is 0. The van der Waals surface area contributed by atoms with E-state index in [4.69, 9.17) is 4.98 Å². The number of hydrogen-bond donors (Lipinski definition) is 0. The molecule has 54 heavy (non-hydrogen) atoms. The van der Waals surface area contributed by atoms with Crippen molar-refractivity contribution in [2.75, 3.05) is 0 Å². The first-order valence-electron chi connectivity index (χ1n) is 18.9. The van der Waals surface area contributed by atoms with Gasteiger partial charge in [-0.1, -0.05) is 158 Å². The zero-order valence-electron chi connectivity index (χ0n) is 29.8. The standard InChI is InChI=1S/C53H35N/c1-3-14-38-28-41(22-20-34(38)10-1)45-31-44(32-46(33-45)42-23-21-35-11-2-4-15-39(35)29-42)40-16-9-17-43(30-40)51-49-26-24-36-12-5-7-18-47(36)52(49)54-53-48-19-8-6-13-37(48)25-27-50(51)53/h1-3,5-14,16-33H,4,15H2. The van der Waals surface area contributed by atoms with Crippen LogP contribution >= 0.6 is 0 Å². The number of nitrogens with zero attached hydrogens (tertiary/aromatic N) is 1. The lowest BCUT2D eigenvalue weighted by Crippen LogP contribution is -1.95. The molecule has 0 radical (unpaired) electrons. The molecule has 10 aromatic rings. The Morgan fingerprint density at radius 1 is 0.352 bits per heavy atom. The highest BCUT2D eigenvalue weighted by molar-refractivity contribution is 6.21. The van der Waals surface area contributed by atoms with E-state index in [0.717, 1.165) is 23.9 Å². The molecule has 11 rings (SSSR count). The molecule has 0 bridgehead atoms. The molecule has 0 aliphatic heterocycles. The molecule has 0 spiro atoms. The largest absolute Gasteiger partial charge is 0.246 e. The SMILES string of the molecule is C1=Cc2ccc(-c3cc(-c4cccc(-c5c6ccc7ccccc7c6nc6c5ccc5ccccc56)c4)cc(-c4ccc5ccccc5c4)c3)cc2CC1. The maximum atomic E-state index is 5.44. The highest BCUT2D eigenvalue weighted by Crippen LogP contribution is 2.42. The van der Waals surface area contributed by atoms with Crippen LogP contribution in [-0.4, -0.2) is 4.98 Å². The van der Waals surface area contributed by atoms with Gasteiger partial charge in [-0.3, -0.25) is 0 Å². The molecule has 0 saturated carbocycles. The third kappa shape index (κ3) is 5.12. The highest BCUT2D eigenvalue weighted by Gasteiger charge is 2.17. The van der Waals surface area contributed by atoms with Crippen LogP contribution in [0.15, 0.2) is 182 Å². The first-order chi connectivity index (χ1) is 26.7. The number of fused-ring (bicyclic) bond motifs is 8. The monoisotopic (exact) mass is 685 g/mol. The number of aromatic nitrogens is 1. The van der Waals surface area contributed by atoms with Crippen molar-refractivity contribution in [3.63, 3.8) is 0 Å². The molecule has 0 unspecified atom stereocenters. The van der Waals surface area contributed by atoms with Crippen LogP contribution < -0.4 is 0 Å². The minimum Gasteiger partial charge on any atom is -0.246 e. The molecule has 0 fully saturated rings. The van der Waals surface area contributed by atoms with Gasteiger partial charge < -0.3 is 0 Å². The topological polar surface area (TPSA) is 12.9 Å². The van der Waals surface area contributed by atoms with E-state index < -0.39 is 0 Å². The molecule has 1 aliphatic rings. The fourth-order valence-corrected chi connectivity index (χ4v) is 8.69. The number of allylic oxidation sites excluding steroid dienone is 1. The quantitative estimate of drug-likeness (QED) is 0.133. The molecule has 1 nitrogen and oxygen atoms in total. The van der Waals surface area contributed by atoms with E-state index in [2.05, 4.69) is 188 Å². The number of aryl methyl sites for hydroxylation is 1.